The van der Waals surface area contributed by atoms with Crippen LogP contribution < -0.4 is 10.6 Å². The van der Waals surface area contributed by atoms with Crippen LogP contribution in [0.4, 0.5) is 10.2 Å². The Morgan fingerprint density at radius 1 is 1.32 bits per heavy atom. The molecule has 0 saturated heterocycles. The van der Waals surface area contributed by atoms with Gasteiger partial charge in [0.2, 0.25) is 0 Å². The van der Waals surface area contributed by atoms with Crippen LogP contribution in [0.15, 0.2) is 42.9 Å². The topological polar surface area (TPSA) is 59.7 Å². The number of aromatic nitrogens is 4. The highest BCUT2D eigenvalue weighted by Crippen LogP contribution is 2.18. The van der Waals surface area contributed by atoms with E-state index in [1.807, 2.05) is 29.9 Å². The lowest BCUT2D eigenvalue weighted by Crippen LogP contribution is -2.35. The highest BCUT2D eigenvalue weighted by molar-refractivity contribution is 5.38. The molecule has 2 N–H and O–H groups in total. The highest BCUT2D eigenvalue weighted by Gasteiger charge is 2.17. The van der Waals surface area contributed by atoms with Crippen LogP contribution in [0.25, 0.3) is 5.69 Å². The van der Waals surface area contributed by atoms with Crippen LogP contribution in [-0.2, 0) is 13.1 Å². The molecule has 0 saturated carbocycles. The SMILES string of the molecule is Cc1nccn1-c1ccc(CNC[C@@H]2CNc3ccnn3C2)cc1F. The lowest BCUT2D eigenvalue weighted by atomic mass is 10.1. The summed E-state index contributed by atoms with van der Waals surface area (Å²) in [5.41, 5.74) is 1.46. The molecule has 6 nitrogen and oxygen atoms in total. The summed E-state index contributed by atoms with van der Waals surface area (Å²) in [6.07, 6.45) is 5.25. The highest BCUT2D eigenvalue weighted by atomic mass is 19.1. The van der Waals surface area contributed by atoms with Crippen molar-refractivity contribution >= 4 is 5.82 Å². The third-order valence-electron chi connectivity index (χ3n) is 4.58. The number of benzene rings is 1. The van der Waals surface area contributed by atoms with Crippen molar-refractivity contribution in [3.63, 3.8) is 0 Å². The molecular weight excluding hydrogens is 319 g/mol. The first-order valence-electron chi connectivity index (χ1n) is 8.46. The average Bonchev–Trinajstić information content (AvgIpc) is 3.23. The summed E-state index contributed by atoms with van der Waals surface area (Å²) in [4.78, 5) is 4.14. The van der Waals surface area contributed by atoms with Gasteiger partial charge in [-0.1, -0.05) is 6.07 Å². The molecule has 130 valence electrons. The zero-order chi connectivity index (χ0) is 17.2. The zero-order valence-corrected chi connectivity index (χ0v) is 14.1. The molecule has 1 aliphatic rings. The number of hydrogen-bond donors (Lipinski definition) is 2. The van der Waals surface area contributed by atoms with E-state index in [1.54, 1.807) is 29.1 Å². The maximum atomic E-state index is 14.4. The fourth-order valence-electron chi connectivity index (χ4n) is 3.23. The van der Waals surface area contributed by atoms with Crippen LogP contribution in [0.2, 0.25) is 0 Å². The van der Waals surface area contributed by atoms with Gasteiger partial charge >= 0.3 is 0 Å². The Morgan fingerprint density at radius 2 is 2.24 bits per heavy atom. The maximum absolute atomic E-state index is 14.4. The maximum Gasteiger partial charge on any atom is 0.147 e. The molecule has 3 heterocycles. The smallest absolute Gasteiger partial charge is 0.147 e. The van der Waals surface area contributed by atoms with Crippen molar-refractivity contribution in [1.29, 1.82) is 0 Å². The summed E-state index contributed by atoms with van der Waals surface area (Å²) >= 11 is 0. The Bertz CT molecular complexity index is 868. The Morgan fingerprint density at radius 3 is 3.04 bits per heavy atom. The van der Waals surface area contributed by atoms with Crippen molar-refractivity contribution in [3.05, 3.63) is 60.1 Å². The van der Waals surface area contributed by atoms with Gasteiger partial charge in [0, 0.05) is 50.6 Å². The van der Waals surface area contributed by atoms with E-state index in [-0.39, 0.29) is 5.82 Å². The normalized spacial score (nSPS) is 16.5. The molecule has 1 atom stereocenters. The Balaban J connectivity index is 1.35. The molecule has 0 amide bonds. The Kier molecular flexibility index (Phi) is 4.23. The Hall–Kier alpha value is -2.67. The second-order valence-electron chi connectivity index (χ2n) is 6.41. The minimum absolute atomic E-state index is 0.235. The van der Waals surface area contributed by atoms with Crippen molar-refractivity contribution in [1.82, 2.24) is 24.6 Å². The van der Waals surface area contributed by atoms with Crippen molar-refractivity contribution in [3.8, 4) is 5.69 Å². The molecule has 2 aromatic heterocycles. The summed E-state index contributed by atoms with van der Waals surface area (Å²) in [6, 6.07) is 7.33. The molecule has 1 aliphatic heterocycles. The molecule has 0 fully saturated rings. The fraction of sp³-hybridized carbons (Fsp3) is 0.333. The van der Waals surface area contributed by atoms with Crippen LogP contribution in [0.3, 0.4) is 0 Å². The van der Waals surface area contributed by atoms with Crippen molar-refractivity contribution in [2.45, 2.75) is 20.0 Å². The summed E-state index contributed by atoms with van der Waals surface area (Å²) < 4.78 is 18.1. The number of hydrogen-bond acceptors (Lipinski definition) is 4. The number of imidazole rings is 1. The van der Waals surface area contributed by atoms with Crippen molar-refractivity contribution in [2.24, 2.45) is 5.92 Å². The first kappa shape index (κ1) is 15.8. The molecule has 4 rings (SSSR count). The number of halogens is 1. The third-order valence-corrected chi connectivity index (χ3v) is 4.58. The van der Waals surface area contributed by atoms with E-state index in [2.05, 4.69) is 20.7 Å². The van der Waals surface area contributed by atoms with Crippen LogP contribution in [0.1, 0.15) is 11.4 Å². The van der Waals surface area contributed by atoms with Gasteiger partial charge in [0.05, 0.1) is 11.9 Å². The third kappa shape index (κ3) is 3.28. The summed E-state index contributed by atoms with van der Waals surface area (Å²) in [7, 11) is 0. The van der Waals surface area contributed by atoms with Crippen molar-refractivity contribution < 1.29 is 4.39 Å². The lowest BCUT2D eigenvalue weighted by molar-refractivity contribution is 0.391. The number of fused-ring (bicyclic) bond motifs is 1. The quantitative estimate of drug-likeness (QED) is 0.748. The van der Waals surface area contributed by atoms with Gasteiger partial charge in [-0.3, -0.25) is 0 Å². The first-order valence-corrected chi connectivity index (χ1v) is 8.46. The van der Waals surface area contributed by atoms with Gasteiger partial charge in [-0.2, -0.15) is 5.10 Å². The second-order valence-corrected chi connectivity index (χ2v) is 6.41. The number of anilines is 1. The molecule has 1 aromatic carbocycles. The van der Waals surface area contributed by atoms with E-state index in [1.165, 1.54) is 0 Å². The predicted molar refractivity (Wildman–Crippen MR) is 94.2 cm³/mol. The predicted octanol–water partition coefficient (Wildman–Crippen LogP) is 2.35. The standard InChI is InChI=1S/C18H21FN6/c1-13-21-6-7-24(13)17-3-2-14(8-16(17)19)9-20-10-15-11-22-18-4-5-23-25(18)12-15/h2-8,15,20,22H,9-12H2,1H3/t15-/m1/s1. The van der Waals surface area contributed by atoms with Crippen LogP contribution in [0, 0.1) is 18.7 Å². The Labute approximate surface area is 145 Å². The van der Waals surface area contributed by atoms with Gasteiger partial charge in [0.1, 0.15) is 17.5 Å². The molecule has 3 aromatic rings. The fourth-order valence-corrected chi connectivity index (χ4v) is 3.23. The average molecular weight is 340 g/mol. The molecule has 0 spiro atoms. The minimum atomic E-state index is -0.235. The van der Waals surface area contributed by atoms with E-state index in [0.717, 1.165) is 36.8 Å². The molecule has 25 heavy (non-hydrogen) atoms. The van der Waals surface area contributed by atoms with E-state index >= 15 is 0 Å². The van der Waals surface area contributed by atoms with E-state index in [9.17, 15) is 4.39 Å². The number of aryl methyl sites for hydroxylation is 1. The van der Waals surface area contributed by atoms with Crippen molar-refractivity contribution in [2.75, 3.05) is 18.4 Å². The number of rotatable bonds is 5. The van der Waals surface area contributed by atoms with Crippen LogP contribution in [-0.4, -0.2) is 32.4 Å². The van der Waals surface area contributed by atoms with Gasteiger partial charge in [-0.25, -0.2) is 14.1 Å². The van der Waals surface area contributed by atoms with E-state index in [4.69, 9.17) is 0 Å². The van der Waals surface area contributed by atoms with Crippen LogP contribution in [0.5, 0.6) is 0 Å². The molecule has 0 bridgehead atoms. The molecule has 0 unspecified atom stereocenters. The van der Waals surface area contributed by atoms with Gasteiger partial charge in [-0.05, 0) is 24.6 Å². The summed E-state index contributed by atoms with van der Waals surface area (Å²) in [5, 5.41) is 11.1. The second kappa shape index (κ2) is 6.68. The van der Waals surface area contributed by atoms with Gasteiger partial charge < -0.3 is 15.2 Å². The lowest BCUT2D eigenvalue weighted by Gasteiger charge is -2.25. The largest absolute Gasteiger partial charge is 0.370 e. The van der Waals surface area contributed by atoms with E-state index < -0.39 is 0 Å². The minimum Gasteiger partial charge on any atom is -0.370 e. The number of nitrogens with zero attached hydrogens (tertiary/aromatic N) is 4. The van der Waals surface area contributed by atoms with Gasteiger partial charge in [-0.15, -0.1) is 0 Å². The summed E-state index contributed by atoms with van der Waals surface area (Å²) in [5.74, 6) is 2.07. The van der Waals surface area contributed by atoms with Gasteiger partial charge in [0.15, 0.2) is 0 Å². The van der Waals surface area contributed by atoms with Gasteiger partial charge in [0.25, 0.3) is 0 Å². The molecule has 0 radical (unpaired) electrons. The van der Waals surface area contributed by atoms with Crippen LogP contribution >= 0.6 is 0 Å². The summed E-state index contributed by atoms with van der Waals surface area (Å²) in [6.45, 7) is 5.18. The van der Waals surface area contributed by atoms with E-state index in [0.29, 0.717) is 18.2 Å². The molecular formula is C18H21FN6. The molecule has 7 heteroatoms. The molecule has 0 aliphatic carbocycles. The number of nitrogens with one attached hydrogen (secondary N) is 2. The first-order chi connectivity index (χ1) is 12.2. The zero-order valence-electron chi connectivity index (χ0n) is 14.1. The monoisotopic (exact) mass is 340 g/mol.